The zero-order chi connectivity index (χ0) is 13.1. The first-order valence-electron chi connectivity index (χ1n) is 5.57. The van der Waals surface area contributed by atoms with Crippen LogP contribution in [0.5, 0.6) is 0 Å². The molecule has 0 heterocycles. The number of benzene rings is 1. The molecule has 0 saturated heterocycles. The number of carboxylic acids is 1. The van der Waals surface area contributed by atoms with Gasteiger partial charge in [-0.2, -0.15) is 0 Å². The first-order valence-corrected chi connectivity index (χ1v) is 5.57. The Balaban J connectivity index is 2.88. The number of aliphatic hydroxyl groups is 1. The molecular formula is C13H19NO3. The van der Waals surface area contributed by atoms with Gasteiger partial charge in [-0.3, -0.25) is 4.79 Å². The number of aliphatic carboxylic acids is 1. The topological polar surface area (TPSA) is 83.5 Å². The Bertz CT molecular complexity index is 396. The predicted octanol–water partition coefficient (Wildman–Crippen LogP) is 0.954. The summed E-state index contributed by atoms with van der Waals surface area (Å²) < 4.78 is 0. The van der Waals surface area contributed by atoms with Crippen molar-refractivity contribution in [2.45, 2.75) is 38.3 Å². The molecule has 1 atom stereocenters. The molecule has 0 amide bonds. The van der Waals surface area contributed by atoms with Crippen LogP contribution in [0, 0.1) is 0 Å². The highest BCUT2D eigenvalue weighted by Gasteiger charge is 2.18. The number of rotatable bonds is 5. The maximum Gasteiger partial charge on any atom is 0.320 e. The Morgan fingerprint density at radius 1 is 1.35 bits per heavy atom. The molecule has 0 fully saturated rings. The number of nitrogens with two attached hydrogens (primary N) is 1. The minimum atomic E-state index is -1.01. The van der Waals surface area contributed by atoms with E-state index in [2.05, 4.69) is 0 Å². The zero-order valence-electron chi connectivity index (χ0n) is 10.2. The number of hydrogen-bond acceptors (Lipinski definition) is 3. The summed E-state index contributed by atoms with van der Waals surface area (Å²) in [5, 5.41) is 18.6. The molecule has 94 valence electrons. The minimum Gasteiger partial charge on any atom is -0.480 e. The summed E-state index contributed by atoms with van der Waals surface area (Å²) in [6.45, 7) is 3.45. The van der Waals surface area contributed by atoms with Crippen LogP contribution in [0.15, 0.2) is 24.3 Å². The highest BCUT2D eigenvalue weighted by molar-refractivity contribution is 5.73. The van der Waals surface area contributed by atoms with E-state index in [1.807, 2.05) is 24.3 Å². The molecule has 1 aromatic rings. The smallest absolute Gasteiger partial charge is 0.320 e. The van der Waals surface area contributed by atoms with Crippen molar-refractivity contribution in [1.29, 1.82) is 0 Å². The molecule has 4 heteroatoms. The Kier molecular flexibility index (Phi) is 4.26. The molecule has 0 aliphatic rings. The fraction of sp³-hybridized carbons (Fsp3) is 0.462. The highest BCUT2D eigenvalue weighted by Crippen LogP contribution is 2.17. The number of hydrogen-bond donors (Lipinski definition) is 3. The van der Waals surface area contributed by atoms with E-state index in [0.29, 0.717) is 6.42 Å². The second-order valence-electron chi connectivity index (χ2n) is 4.91. The van der Waals surface area contributed by atoms with Gasteiger partial charge in [0.15, 0.2) is 0 Å². The van der Waals surface area contributed by atoms with Crippen LogP contribution in [0.1, 0.15) is 25.0 Å². The lowest BCUT2D eigenvalue weighted by molar-refractivity contribution is -0.138. The van der Waals surface area contributed by atoms with Crippen molar-refractivity contribution >= 4 is 5.97 Å². The number of carbonyl (C=O) groups is 1. The standard InChI is InChI=1S/C13H19NO3/c1-13(2,17)8-10-6-4-3-5-9(10)7-11(14)12(15)16/h3-6,11,17H,7-8,14H2,1-2H3,(H,15,16). The summed E-state index contributed by atoms with van der Waals surface area (Å²) in [6.07, 6.45) is 0.761. The van der Waals surface area contributed by atoms with Crippen molar-refractivity contribution in [2.75, 3.05) is 0 Å². The average molecular weight is 237 g/mol. The third-order valence-electron chi connectivity index (χ3n) is 2.50. The van der Waals surface area contributed by atoms with E-state index in [-0.39, 0.29) is 6.42 Å². The molecule has 0 radical (unpaired) electrons. The van der Waals surface area contributed by atoms with Gasteiger partial charge in [-0.05, 0) is 31.4 Å². The Labute approximate surface area is 101 Å². The van der Waals surface area contributed by atoms with Crippen LogP contribution < -0.4 is 5.73 Å². The van der Waals surface area contributed by atoms with Crippen LogP contribution >= 0.6 is 0 Å². The Morgan fingerprint density at radius 3 is 2.35 bits per heavy atom. The van der Waals surface area contributed by atoms with E-state index in [9.17, 15) is 9.90 Å². The van der Waals surface area contributed by atoms with E-state index in [1.165, 1.54) is 0 Å². The van der Waals surface area contributed by atoms with Crippen molar-refractivity contribution in [3.63, 3.8) is 0 Å². The third-order valence-corrected chi connectivity index (χ3v) is 2.50. The molecule has 0 saturated carbocycles. The lowest BCUT2D eigenvalue weighted by Crippen LogP contribution is -2.33. The predicted molar refractivity (Wildman–Crippen MR) is 65.8 cm³/mol. The number of carboxylic acid groups (broad SMARTS) is 1. The zero-order valence-corrected chi connectivity index (χ0v) is 10.2. The highest BCUT2D eigenvalue weighted by atomic mass is 16.4. The van der Waals surface area contributed by atoms with E-state index < -0.39 is 17.6 Å². The normalized spacial score (nSPS) is 13.4. The van der Waals surface area contributed by atoms with Crippen LogP contribution in [0.2, 0.25) is 0 Å². The van der Waals surface area contributed by atoms with Crippen LogP contribution in [-0.2, 0) is 17.6 Å². The summed E-state index contributed by atoms with van der Waals surface area (Å²) in [5.41, 5.74) is 6.52. The van der Waals surface area contributed by atoms with E-state index >= 15 is 0 Å². The van der Waals surface area contributed by atoms with Gasteiger partial charge in [0.1, 0.15) is 6.04 Å². The molecule has 4 nitrogen and oxygen atoms in total. The van der Waals surface area contributed by atoms with E-state index in [1.54, 1.807) is 13.8 Å². The lowest BCUT2D eigenvalue weighted by Gasteiger charge is -2.20. The van der Waals surface area contributed by atoms with Gasteiger partial charge in [-0.15, -0.1) is 0 Å². The first kappa shape index (κ1) is 13.7. The Morgan fingerprint density at radius 2 is 1.88 bits per heavy atom. The second kappa shape index (κ2) is 5.29. The van der Waals surface area contributed by atoms with Crippen molar-refractivity contribution in [2.24, 2.45) is 5.73 Å². The molecule has 0 aliphatic carbocycles. The van der Waals surface area contributed by atoms with E-state index in [4.69, 9.17) is 10.8 Å². The average Bonchev–Trinajstić information content (AvgIpc) is 2.18. The molecule has 0 aromatic heterocycles. The monoisotopic (exact) mass is 237 g/mol. The quantitative estimate of drug-likeness (QED) is 0.712. The SMILES string of the molecule is CC(C)(O)Cc1ccccc1CC(N)C(=O)O. The van der Waals surface area contributed by atoms with Crippen molar-refractivity contribution < 1.29 is 15.0 Å². The lowest BCUT2D eigenvalue weighted by atomic mass is 9.92. The van der Waals surface area contributed by atoms with Crippen LogP contribution in [-0.4, -0.2) is 27.8 Å². The maximum absolute atomic E-state index is 10.7. The minimum absolute atomic E-state index is 0.279. The van der Waals surface area contributed by atoms with Gasteiger partial charge in [0.2, 0.25) is 0 Å². The third kappa shape index (κ3) is 4.54. The molecule has 1 aromatic carbocycles. The molecule has 1 unspecified atom stereocenters. The van der Waals surface area contributed by atoms with Crippen LogP contribution in [0.4, 0.5) is 0 Å². The van der Waals surface area contributed by atoms with Crippen molar-refractivity contribution in [3.8, 4) is 0 Å². The Hall–Kier alpha value is -1.39. The molecule has 0 spiro atoms. The molecule has 1 rings (SSSR count). The maximum atomic E-state index is 10.7. The van der Waals surface area contributed by atoms with Gasteiger partial charge in [0.05, 0.1) is 5.60 Å². The fourth-order valence-corrected chi connectivity index (χ4v) is 1.72. The summed E-state index contributed by atoms with van der Waals surface area (Å²) in [4.78, 5) is 10.7. The van der Waals surface area contributed by atoms with Gasteiger partial charge in [0.25, 0.3) is 0 Å². The van der Waals surface area contributed by atoms with Gasteiger partial charge in [-0.1, -0.05) is 24.3 Å². The largest absolute Gasteiger partial charge is 0.480 e. The molecule has 0 aliphatic heterocycles. The molecule has 4 N–H and O–H groups in total. The van der Waals surface area contributed by atoms with Gasteiger partial charge >= 0.3 is 5.97 Å². The molecule has 0 bridgehead atoms. The van der Waals surface area contributed by atoms with Gasteiger partial charge in [-0.25, -0.2) is 0 Å². The summed E-state index contributed by atoms with van der Waals surface area (Å²) >= 11 is 0. The van der Waals surface area contributed by atoms with Gasteiger partial charge < -0.3 is 15.9 Å². The summed E-state index contributed by atoms with van der Waals surface area (Å²) in [7, 11) is 0. The second-order valence-corrected chi connectivity index (χ2v) is 4.91. The molecular weight excluding hydrogens is 218 g/mol. The van der Waals surface area contributed by atoms with Crippen molar-refractivity contribution in [3.05, 3.63) is 35.4 Å². The van der Waals surface area contributed by atoms with Crippen LogP contribution in [0.25, 0.3) is 0 Å². The fourth-order valence-electron chi connectivity index (χ4n) is 1.72. The van der Waals surface area contributed by atoms with Crippen molar-refractivity contribution in [1.82, 2.24) is 0 Å². The first-order chi connectivity index (χ1) is 7.79. The van der Waals surface area contributed by atoms with Gasteiger partial charge in [0, 0.05) is 6.42 Å². The summed E-state index contributed by atoms with van der Waals surface area (Å²) in [5.74, 6) is -1.01. The molecule has 17 heavy (non-hydrogen) atoms. The van der Waals surface area contributed by atoms with E-state index in [0.717, 1.165) is 11.1 Å². The summed E-state index contributed by atoms with van der Waals surface area (Å²) in [6, 6.07) is 6.55. The van der Waals surface area contributed by atoms with Crippen LogP contribution in [0.3, 0.4) is 0 Å².